The van der Waals surface area contributed by atoms with Crippen molar-refractivity contribution in [1.29, 1.82) is 0 Å². The van der Waals surface area contributed by atoms with Crippen LogP contribution in [0, 0.1) is 0 Å². The number of aliphatic hydroxyl groups excluding tert-OH is 1. The van der Waals surface area contributed by atoms with Crippen LogP contribution in [0.3, 0.4) is 0 Å². The third-order valence-electron chi connectivity index (χ3n) is 3.60. The molecule has 112 valence electrons. The Labute approximate surface area is 121 Å². The van der Waals surface area contributed by atoms with Gasteiger partial charge in [-0.2, -0.15) is 0 Å². The van der Waals surface area contributed by atoms with Gasteiger partial charge in [0.1, 0.15) is 0 Å². The molecule has 1 fully saturated rings. The van der Waals surface area contributed by atoms with Crippen molar-refractivity contribution in [2.75, 3.05) is 32.9 Å². The van der Waals surface area contributed by atoms with Gasteiger partial charge < -0.3 is 19.9 Å². The molecule has 1 aliphatic rings. The van der Waals surface area contributed by atoms with Crippen LogP contribution < -0.4 is 14.8 Å². The highest BCUT2D eigenvalue weighted by Crippen LogP contribution is 2.33. The lowest BCUT2D eigenvalue weighted by atomic mass is 9.91. The van der Waals surface area contributed by atoms with Gasteiger partial charge in [0.2, 0.25) is 0 Å². The van der Waals surface area contributed by atoms with E-state index >= 15 is 0 Å². The molecule has 0 aliphatic carbocycles. The van der Waals surface area contributed by atoms with Gasteiger partial charge in [-0.25, -0.2) is 0 Å². The van der Waals surface area contributed by atoms with Crippen molar-refractivity contribution in [3.8, 4) is 11.5 Å². The molecule has 1 aromatic carbocycles. The zero-order valence-electron chi connectivity index (χ0n) is 12.2. The third-order valence-corrected chi connectivity index (χ3v) is 3.60. The first-order valence-corrected chi connectivity index (χ1v) is 7.56. The predicted molar refractivity (Wildman–Crippen MR) is 79.7 cm³/mol. The summed E-state index contributed by atoms with van der Waals surface area (Å²) in [4.78, 5) is 0. The van der Waals surface area contributed by atoms with Crippen LogP contribution in [0.15, 0.2) is 18.2 Å². The van der Waals surface area contributed by atoms with E-state index in [1.54, 1.807) is 0 Å². The lowest BCUT2D eigenvalue weighted by molar-refractivity contribution is 0.224. The van der Waals surface area contributed by atoms with E-state index in [4.69, 9.17) is 14.6 Å². The molecule has 4 heteroatoms. The fourth-order valence-electron chi connectivity index (χ4n) is 2.55. The van der Waals surface area contributed by atoms with Crippen LogP contribution in [0.4, 0.5) is 0 Å². The van der Waals surface area contributed by atoms with Gasteiger partial charge in [-0.05, 0) is 49.9 Å². The van der Waals surface area contributed by atoms with Crippen molar-refractivity contribution in [2.24, 2.45) is 0 Å². The van der Waals surface area contributed by atoms with Gasteiger partial charge in [-0.15, -0.1) is 0 Å². The smallest absolute Gasteiger partial charge is 0.161 e. The largest absolute Gasteiger partial charge is 0.490 e. The summed E-state index contributed by atoms with van der Waals surface area (Å²) in [6, 6.07) is 6.23. The highest BCUT2D eigenvalue weighted by molar-refractivity contribution is 5.44. The molecule has 2 rings (SSSR count). The Hall–Kier alpha value is -1.26. The topological polar surface area (TPSA) is 50.7 Å². The van der Waals surface area contributed by atoms with Gasteiger partial charge in [0.15, 0.2) is 11.5 Å². The van der Waals surface area contributed by atoms with Crippen LogP contribution in [0.1, 0.15) is 37.7 Å². The van der Waals surface area contributed by atoms with Gasteiger partial charge in [0, 0.05) is 19.6 Å². The van der Waals surface area contributed by atoms with Crippen LogP contribution in [-0.4, -0.2) is 38.0 Å². The van der Waals surface area contributed by atoms with Gasteiger partial charge in [0.05, 0.1) is 13.2 Å². The number of piperidine rings is 1. The maximum absolute atomic E-state index is 8.81. The van der Waals surface area contributed by atoms with Gasteiger partial charge in [-0.3, -0.25) is 0 Å². The van der Waals surface area contributed by atoms with Crippen molar-refractivity contribution in [1.82, 2.24) is 5.32 Å². The summed E-state index contributed by atoms with van der Waals surface area (Å²) in [5, 5.41) is 12.3. The number of aliphatic hydroxyl groups is 1. The average Bonchev–Trinajstić information content (AvgIpc) is 2.50. The van der Waals surface area contributed by atoms with Crippen LogP contribution in [0.5, 0.6) is 11.5 Å². The summed E-state index contributed by atoms with van der Waals surface area (Å²) in [5.41, 5.74) is 1.31. The van der Waals surface area contributed by atoms with Crippen LogP contribution >= 0.6 is 0 Å². The molecule has 0 bridgehead atoms. The normalized spacial score (nSPS) is 18.8. The van der Waals surface area contributed by atoms with Crippen molar-refractivity contribution < 1.29 is 14.6 Å². The highest BCUT2D eigenvalue weighted by atomic mass is 16.5. The molecule has 2 N–H and O–H groups in total. The quantitative estimate of drug-likeness (QED) is 0.752. The van der Waals surface area contributed by atoms with Crippen LogP contribution in [-0.2, 0) is 0 Å². The van der Waals surface area contributed by atoms with E-state index in [1.807, 2.05) is 13.0 Å². The minimum absolute atomic E-state index is 0.149. The minimum Gasteiger partial charge on any atom is -0.490 e. The van der Waals surface area contributed by atoms with Gasteiger partial charge >= 0.3 is 0 Å². The van der Waals surface area contributed by atoms with E-state index in [0.717, 1.165) is 24.6 Å². The second kappa shape index (κ2) is 8.12. The lowest BCUT2D eigenvalue weighted by Gasteiger charge is -2.24. The van der Waals surface area contributed by atoms with E-state index in [1.165, 1.54) is 18.4 Å². The summed E-state index contributed by atoms with van der Waals surface area (Å²) >= 11 is 0. The Kier molecular flexibility index (Phi) is 6.15. The number of hydrogen-bond acceptors (Lipinski definition) is 4. The predicted octanol–water partition coefficient (Wildman–Crippen LogP) is 2.31. The van der Waals surface area contributed by atoms with Crippen molar-refractivity contribution in [3.63, 3.8) is 0 Å². The highest BCUT2D eigenvalue weighted by Gasteiger charge is 2.17. The standard InChI is InChI=1S/C16H25NO3/c1-2-19-16-11-13(14-5-3-8-17-12-14)6-7-15(16)20-10-4-9-18/h6-7,11,14,17-18H,2-5,8-10,12H2,1H3. The molecule has 4 nitrogen and oxygen atoms in total. The number of benzene rings is 1. The van der Waals surface area contributed by atoms with Gasteiger partial charge in [0.25, 0.3) is 0 Å². The Morgan fingerprint density at radius 3 is 2.90 bits per heavy atom. The van der Waals surface area contributed by atoms with Gasteiger partial charge in [-0.1, -0.05) is 6.07 Å². The third kappa shape index (κ3) is 4.12. The molecule has 0 amide bonds. The summed E-state index contributed by atoms with van der Waals surface area (Å²) in [6.45, 7) is 5.43. The second-order valence-electron chi connectivity index (χ2n) is 5.11. The second-order valence-corrected chi connectivity index (χ2v) is 5.11. The molecule has 1 aromatic rings. The maximum Gasteiger partial charge on any atom is 0.161 e. The molecule has 0 saturated carbocycles. The summed E-state index contributed by atoms with van der Waals surface area (Å²) < 4.78 is 11.4. The summed E-state index contributed by atoms with van der Waals surface area (Å²) in [5.74, 6) is 2.15. The first-order chi connectivity index (χ1) is 9.85. The molecule has 1 aliphatic heterocycles. The van der Waals surface area contributed by atoms with Crippen molar-refractivity contribution in [2.45, 2.75) is 32.1 Å². The zero-order chi connectivity index (χ0) is 14.2. The van der Waals surface area contributed by atoms with E-state index in [-0.39, 0.29) is 6.61 Å². The molecule has 1 atom stereocenters. The van der Waals surface area contributed by atoms with E-state index in [0.29, 0.717) is 25.6 Å². The Morgan fingerprint density at radius 2 is 2.20 bits per heavy atom. The lowest BCUT2D eigenvalue weighted by Crippen LogP contribution is -2.28. The summed E-state index contributed by atoms with van der Waals surface area (Å²) in [7, 11) is 0. The molecule has 1 unspecified atom stereocenters. The molecule has 0 radical (unpaired) electrons. The van der Waals surface area contributed by atoms with Crippen LogP contribution in [0.2, 0.25) is 0 Å². The molecular formula is C16H25NO3. The average molecular weight is 279 g/mol. The molecular weight excluding hydrogens is 254 g/mol. The molecule has 1 heterocycles. The fourth-order valence-corrected chi connectivity index (χ4v) is 2.55. The first kappa shape index (κ1) is 15.1. The Balaban J connectivity index is 2.08. The number of rotatable bonds is 7. The van der Waals surface area contributed by atoms with E-state index in [2.05, 4.69) is 17.4 Å². The van der Waals surface area contributed by atoms with Crippen molar-refractivity contribution in [3.05, 3.63) is 23.8 Å². The van der Waals surface area contributed by atoms with E-state index in [9.17, 15) is 0 Å². The number of ether oxygens (including phenoxy) is 2. The van der Waals surface area contributed by atoms with E-state index < -0.39 is 0 Å². The minimum atomic E-state index is 0.149. The van der Waals surface area contributed by atoms with Crippen molar-refractivity contribution >= 4 is 0 Å². The number of hydrogen-bond donors (Lipinski definition) is 2. The number of nitrogens with one attached hydrogen (secondary N) is 1. The molecule has 0 aromatic heterocycles. The first-order valence-electron chi connectivity index (χ1n) is 7.56. The fraction of sp³-hybridized carbons (Fsp3) is 0.625. The van der Waals surface area contributed by atoms with Crippen LogP contribution in [0.25, 0.3) is 0 Å². The molecule has 0 spiro atoms. The summed E-state index contributed by atoms with van der Waals surface area (Å²) in [6.07, 6.45) is 3.09. The Bertz CT molecular complexity index is 403. The monoisotopic (exact) mass is 279 g/mol. The molecule has 1 saturated heterocycles. The molecule has 20 heavy (non-hydrogen) atoms. The SMILES string of the molecule is CCOc1cc(C2CCCNC2)ccc1OCCCO. The zero-order valence-corrected chi connectivity index (χ0v) is 12.2. The Morgan fingerprint density at radius 1 is 1.30 bits per heavy atom. The maximum atomic E-state index is 8.81.